The van der Waals surface area contributed by atoms with Crippen LogP contribution in [0, 0.1) is 30.0 Å². The Balaban J connectivity index is 1.63. The number of halogens is 8. The Morgan fingerprint density at radius 2 is 1.92 bits per heavy atom. The van der Waals surface area contributed by atoms with Crippen LogP contribution in [0.2, 0.25) is 5.02 Å². The average molecular weight is 568 g/mol. The molecule has 0 spiro atoms. The van der Waals surface area contributed by atoms with Crippen LogP contribution in [0.4, 0.5) is 30.7 Å². The molecule has 2 aromatic rings. The lowest BCUT2D eigenvalue weighted by atomic mass is 9.81. The molecule has 198 valence electrons. The lowest BCUT2D eigenvalue weighted by Crippen LogP contribution is -2.47. The van der Waals surface area contributed by atoms with Gasteiger partial charge < -0.3 is 10.2 Å². The number of aryl methyl sites for hydroxylation is 1. The number of thiophene rings is 1. The van der Waals surface area contributed by atoms with Crippen molar-refractivity contribution < 1.29 is 40.4 Å². The molecule has 0 radical (unpaired) electrons. The fourth-order valence-corrected chi connectivity index (χ4v) is 5.51. The van der Waals surface area contributed by atoms with Crippen molar-refractivity contribution >= 4 is 34.6 Å². The Morgan fingerprint density at radius 1 is 1.24 bits per heavy atom. The van der Waals surface area contributed by atoms with Gasteiger partial charge in [-0.1, -0.05) is 16.8 Å². The minimum Gasteiger partial charge on any atom is -0.374 e. The summed E-state index contributed by atoms with van der Waals surface area (Å²) in [6.45, 7) is 1.62. The van der Waals surface area contributed by atoms with Gasteiger partial charge in [-0.3, -0.25) is 4.79 Å². The number of alkyl halides is 6. The van der Waals surface area contributed by atoms with Gasteiger partial charge in [0.15, 0.2) is 0 Å². The third-order valence-electron chi connectivity index (χ3n) is 6.34. The largest absolute Gasteiger partial charge is 0.435 e. The molecule has 1 aliphatic carbocycles. The number of hydrogen-bond donors (Lipinski definition) is 1. The molecule has 37 heavy (non-hydrogen) atoms. The first kappa shape index (κ1) is 27.2. The first-order valence-corrected chi connectivity index (χ1v) is 12.1. The van der Waals surface area contributed by atoms with Gasteiger partial charge in [0.05, 0.1) is 38.0 Å². The highest BCUT2D eigenvalue weighted by Crippen LogP contribution is 2.51. The highest BCUT2D eigenvalue weighted by molar-refractivity contribution is 7.16. The van der Waals surface area contributed by atoms with E-state index in [0.717, 1.165) is 11.3 Å². The molecule has 1 aliphatic heterocycles. The van der Waals surface area contributed by atoms with Gasteiger partial charge in [0, 0.05) is 18.0 Å². The molecule has 4 rings (SSSR count). The number of rotatable bonds is 4. The third-order valence-corrected chi connectivity index (χ3v) is 7.90. The van der Waals surface area contributed by atoms with E-state index < -0.39 is 58.7 Å². The lowest BCUT2D eigenvalue weighted by molar-refractivity contribution is -0.292. The summed E-state index contributed by atoms with van der Waals surface area (Å²) in [5, 5.41) is 14.0. The van der Waals surface area contributed by atoms with E-state index in [9.17, 15) is 35.5 Å². The second-order valence-electron chi connectivity index (χ2n) is 8.86. The van der Waals surface area contributed by atoms with E-state index in [0.29, 0.717) is 28.2 Å². The predicted molar refractivity (Wildman–Crippen MR) is 120 cm³/mol. The summed E-state index contributed by atoms with van der Waals surface area (Å²) in [5.74, 6) is -2.21. The van der Waals surface area contributed by atoms with Crippen molar-refractivity contribution in [2.45, 2.75) is 56.6 Å². The van der Waals surface area contributed by atoms with Crippen LogP contribution in [0.25, 0.3) is 0 Å². The number of nitrogens with one attached hydrogen (secondary N) is 1. The summed E-state index contributed by atoms with van der Waals surface area (Å²) in [6, 6.07) is 3.71. The van der Waals surface area contributed by atoms with Crippen LogP contribution in [-0.4, -0.2) is 23.8 Å². The van der Waals surface area contributed by atoms with Gasteiger partial charge in [-0.25, -0.2) is 4.39 Å². The number of carbonyl (C=O) groups is 1. The van der Waals surface area contributed by atoms with Gasteiger partial charge in [0.2, 0.25) is 0 Å². The number of benzene rings is 1. The van der Waals surface area contributed by atoms with Gasteiger partial charge >= 0.3 is 12.4 Å². The molecule has 2 aliphatic rings. The zero-order valence-electron chi connectivity index (χ0n) is 18.9. The molecular formula is C23H17ClF7N3O2S. The summed E-state index contributed by atoms with van der Waals surface area (Å²) >= 11 is 6.47. The number of carbonyl (C=O) groups excluding carboxylic acids is 1. The Morgan fingerprint density at radius 3 is 2.46 bits per heavy atom. The van der Waals surface area contributed by atoms with Crippen molar-refractivity contribution in [1.82, 2.24) is 5.32 Å². The Labute approximate surface area is 214 Å². The molecule has 1 fully saturated rings. The number of hydrogen-bond acceptors (Lipinski definition) is 5. The van der Waals surface area contributed by atoms with E-state index in [1.165, 1.54) is 6.07 Å². The molecule has 14 heteroatoms. The zero-order chi connectivity index (χ0) is 27.3. The minimum atomic E-state index is -5.34. The predicted octanol–water partition coefficient (Wildman–Crippen LogP) is 6.87. The van der Waals surface area contributed by atoms with Crippen molar-refractivity contribution in [3.05, 3.63) is 55.5 Å². The Kier molecular flexibility index (Phi) is 6.96. The fourth-order valence-electron chi connectivity index (χ4n) is 4.21. The minimum absolute atomic E-state index is 0.0266. The van der Waals surface area contributed by atoms with Crippen molar-refractivity contribution in [1.29, 1.82) is 5.26 Å². The molecule has 1 N–H and O–H groups in total. The molecule has 0 bridgehead atoms. The number of amides is 1. The SMILES string of the molecule is Cc1cc(C2=NO[C@](c3cc(C(F)(F)F)cc(Cl)c3F)(C(F)(F)F)CC2)sc1C(=O)NC1CC(C#N)C1. The van der Waals surface area contributed by atoms with Crippen molar-refractivity contribution in [2.24, 2.45) is 11.1 Å². The smallest absolute Gasteiger partial charge is 0.374 e. The molecule has 0 unspecified atom stereocenters. The van der Waals surface area contributed by atoms with Crippen LogP contribution in [0.3, 0.4) is 0 Å². The van der Waals surface area contributed by atoms with Gasteiger partial charge in [-0.2, -0.15) is 31.6 Å². The van der Waals surface area contributed by atoms with Crippen molar-refractivity contribution in [3.63, 3.8) is 0 Å². The Hall–Kier alpha value is -2.85. The molecule has 5 nitrogen and oxygen atoms in total. The number of oxime groups is 1. The molecule has 1 atom stereocenters. The summed E-state index contributed by atoms with van der Waals surface area (Å²) in [6.07, 6.45) is -10.8. The van der Waals surface area contributed by atoms with Gasteiger partial charge in [-0.15, -0.1) is 11.3 Å². The van der Waals surface area contributed by atoms with Gasteiger partial charge in [0.25, 0.3) is 11.5 Å². The molecule has 0 saturated heterocycles. The van der Waals surface area contributed by atoms with E-state index in [4.69, 9.17) is 21.7 Å². The first-order valence-electron chi connectivity index (χ1n) is 10.9. The van der Waals surface area contributed by atoms with Crippen molar-refractivity contribution in [3.8, 4) is 6.07 Å². The molecule has 2 heterocycles. The van der Waals surface area contributed by atoms with Crippen LogP contribution >= 0.6 is 22.9 Å². The monoisotopic (exact) mass is 567 g/mol. The number of nitrogens with zero attached hydrogens (tertiary/aromatic N) is 2. The second-order valence-corrected chi connectivity index (χ2v) is 10.3. The van der Waals surface area contributed by atoms with Gasteiger partial charge in [0.1, 0.15) is 5.82 Å². The van der Waals surface area contributed by atoms with E-state index >= 15 is 0 Å². The van der Waals surface area contributed by atoms with Crippen LogP contribution < -0.4 is 5.32 Å². The van der Waals surface area contributed by atoms with Crippen molar-refractivity contribution in [2.75, 3.05) is 0 Å². The topological polar surface area (TPSA) is 74.5 Å². The van der Waals surface area contributed by atoms with E-state index in [-0.39, 0.29) is 29.8 Å². The highest BCUT2D eigenvalue weighted by Gasteiger charge is 2.62. The van der Waals surface area contributed by atoms with E-state index in [1.54, 1.807) is 6.92 Å². The van der Waals surface area contributed by atoms with Crippen LogP contribution in [0.1, 0.15) is 56.9 Å². The molecule has 1 saturated carbocycles. The van der Waals surface area contributed by atoms with Crippen LogP contribution in [0.5, 0.6) is 0 Å². The molecule has 1 aromatic heterocycles. The molecule has 1 aromatic carbocycles. The van der Waals surface area contributed by atoms with E-state index in [2.05, 4.69) is 16.5 Å². The molecular weight excluding hydrogens is 551 g/mol. The quantitative estimate of drug-likeness (QED) is 0.410. The lowest BCUT2D eigenvalue weighted by Gasteiger charge is -2.37. The maximum atomic E-state index is 14.7. The van der Waals surface area contributed by atoms with Crippen LogP contribution in [0.15, 0.2) is 23.4 Å². The molecule has 1 amide bonds. The first-order chi connectivity index (χ1) is 17.2. The van der Waals surface area contributed by atoms with E-state index in [1.807, 2.05) is 0 Å². The highest BCUT2D eigenvalue weighted by atomic mass is 35.5. The summed E-state index contributed by atoms with van der Waals surface area (Å²) < 4.78 is 96.9. The summed E-state index contributed by atoms with van der Waals surface area (Å²) in [5.41, 5.74) is -5.92. The fraction of sp³-hybridized carbons (Fsp3) is 0.435. The maximum absolute atomic E-state index is 14.7. The second kappa shape index (κ2) is 9.47. The number of nitriles is 1. The van der Waals surface area contributed by atoms with Gasteiger partial charge in [-0.05, 0) is 49.9 Å². The average Bonchev–Trinajstić information content (AvgIpc) is 3.17. The van der Waals surface area contributed by atoms with Crippen LogP contribution in [-0.2, 0) is 16.6 Å². The maximum Gasteiger partial charge on any atom is 0.435 e. The third kappa shape index (κ3) is 5.01. The normalized spacial score (nSPS) is 23.9. The summed E-state index contributed by atoms with van der Waals surface area (Å²) in [7, 11) is 0. The zero-order valence-corrected chi connectivity index (χ0v) is 20.4. The Bertz CT molecular complexity index is 1310. The standard InChI is InChI=1S/C23H17ClF7N3O2S/c1-10-4-17(37-19(10)20(35)33-13-5-11(6-13)9-32)16-2-3-21(36-34-16,23(29,30)31)14-7-12(22(26,27)28)8-15(24)18(14)25/h4,7-8,11,13H,2-3,5-6H2,1H3,(H,33,35)/t11?,13?,21-/m1/s1. The summed E-state index contributed by atoms with van der Waals surface area (Å²) in [4.78, 5) is 18.0.